The van der Waals surface area contributed by atoms with Gasteiger partial charge in [0, 0.05) is 20.1 Å². The number of ether oxygens (including phenoxy) is 3. The van der Waals surface area contributed by atoms with Gasteiger partial charge in [-0.1, -0.05) is 25.7 Å². The highest BCUT2D eigenvalue weighted by atomic mass is 28.3. The predicted molar refractivity (Wildman–Crippen MR) is 115 cm³/mol. The maximum absolute atomic E-state index is 14.5. The predicted octanol–water partition coefficient (Wildman–Crippen LogP) is 4.34. The molecule has 0 aliphatic rings. The minimum absolute atomic E-state index is 0.125. The molecule has 0 spiro atoms. The molecule has 2 aromatic heterocycles. The molecule has 3 rings (SSSR count). The lowest BCUT2D eigenvalue weighted by molar-refractivity contribution is 0.0585. The van der Waals surface area contributed by atoms with E-state index < -0.39 is 19.9 Å². The number of methoxy groups -OCH3 is 2. The first kappa shape index (κ1) is 21.9. The van der Waals surface area contributed by atoms with Crippen LogP contribution in [0.3, 0.4) is 0 Å². The molecule has 0 saturated carbocycles. The molecule has 7 nitrogen and oxygen atoms in total. The molecule has 0 saturated heterocycles. The Hall–Kier alpha value is -2.78. The van der Waals surface area contributed by atoms with Crippen molar-refractivity contribution in [3.63, 3.8) is 0 Å². The van der Waals surface area contributed by atoms with Gasteiger partial charge in [0.05, 0.1) is 37.2 Å². The number of nitrogens with zero attached hydrogens (tertiary/aromatic N) is 3. The second kappa shape index (κ2) is 8.93. The van der Waals surface area contributed by atoms with E-state index in [0.29, 0.717) is 29.0 Å². The summed E-state index contributed by atoms with van der Waals surface area (Å²) in [5, 5.41) is 4.86. The zero-order valence-corrected chi connectivity index (χ0v) is 18.9. The largest absolute Gasteiger partial charge is 0.496 e. The van der Waals surface area contributed by atoms with Gasteiger partial charge in [-0.05, 0) is 24.2 Å². The summed E-state index contributed by atoms with van der Waals surface area (Å²) in [4.78, 5) is 16.7. The third-order valence-electron chi connectivity index (χ3n) is 4.68. The highest BCUT2D eigenvalue weighted by Gasteiger charge is 2.21. The monoisotopic (exact) mass is 431 g/mol. The number of hydrogen-bond donors (Lipinski definition) is 0. The maximum Gasteiger partial charge on any atom is 0.359 e. The summed E-state index contributed by atoms with van der Waals surface area (Å²) in [5.41, 5.74) is 1.28. The van der Waals surface area contributed by atoms with Crippen molar-refractivity contribution in [2.75, 3.05) is 20.8 Å². The third-order valence-corrected chi connectivity index (χ3v) is 6.38. The molecule has 0 atom stereocenters. The lowest BCUT2D eigenvalue weighted by atomic mass is 10.1. The van der Waals surface area contributed by atoms with Crippen LogP contribution in [0.2, 0.25) is 25.7 Å². The second-order valence-corrected chi connectivity index (χ2v) is 13.7. The second-order valence-electron chi connectivity index (χ2n) is 8.09. The van der Waals surface area contributed by atoms with Crippen LogP contribution >= 0.6 is 0 Å². The van der Waals surface area contributed by atoms with E-state index in [1.54, 1.807) is 29.1 Å². The van der Waals surface area contributed by atoms with Crippen molar-refractivity contribution in [2.45, 2.75) is 32.4 Å². The Kier molecular flexibility index (Phi) is 6.52. The fourth-order valence-corrected chi connectivity index (χ4v) is 3.76. The Balaban J connectivity index is 2.01. The summed E-state index contributed by atoms with van der Waals surface area (Å²) >= 11 is 0. The van der Waals surface area contributed by atoms with E-state index in [2.05, 4.69) is 29.7 Å². The van der Waals surface area contributed by atoms with Crippen LogP contribution in [-0.4, -0.2) is 49.6 Å². The third kappa shape index (κ3) is 4.68. The van der Waals surface area contributed by atoms with E-state index in [4.69, 9.17) is 14.2 Å². The number of rotatable bonds is 8. The van der Waals surface area contributed by atoms with Crippen molar-refractivity contribution in [1.82, 2.24) is 14.8 Å². The number of carbonyl (C=O) groups excluding carboxylic acids is 1. The van der Waals surface area contributed by atoms with Crippen molar-refractivity contribution >= 4 is 24.9 Å². The number of halogens is 1. The molecule has 160 valence electrons. The number of fused-ring (bicyclic) bond motifs is 1. The zero-order valence-electron chi connectivity index (χ0n) is 17.9. The highest BCUT2D eigenvalue weighted by molar-refractivity contribution is 6.76. The Bertz CT molecular complexity index is 1060. The topological polar surface area (TPSA) is 75.5 Å². The van der Waals surface area contributed by atoms with E-state index in [0.717, 1.165) is 6.04 Å². The molecule has 9 heteroatoms. The Morgan fingerprint density at radius 2 is 2.00 bits per heavy atom. The summed E-state index contributed by atoms with van der Waals surface area (Å²) in [7, 11) is 1.54. The van der Waals surface area contributed by atoms with Crippen molar-refractivity contribution < 1.29 is 23.4 Å². The van der Waals surface area contributed by atoms with Gasteiger partial charge in [-0.2, -0.15) is 5.10 Å². The van der Waals surface area contributed by atoms with Gasteiger partial charge in [0.25, 0.3) is 0 Å². The van der Waals surface area contributed by atoms with Gasteiger partial charge in [0.2, 0.25) is 0 Å². The minimum Gasteiger partial charge on any atom is -0.496 e. The molecule has 3 aromatic rings. The van der Waals surface area contributed by atoms with E-state index in [9.17, 15) is 9.18 Å². The van der Waals surface area contributed by atoms with Crippen LogP contribution in [0.1, 0.15) is 10.5 Å². The van der Waals surface area contributed by atoms with Crippen LogP contribution in [0.4, 0.5) is 4.39 Å². The fraction of sp³-hybridized carbons (Fsp3) is 0.381. The van der Waals surface area contributed by atoms with Gasteiger partial charge in [0.15, 0.2) is 5.69 Å². The number of hydrogen-bond acceptors (Lipinski definition) is 6. The highest BCUT2D eigenvalue weighted by Crippen LogP contribution is 2.33. The zero-order chi connectivity index (χ0) is 21.9. The SMILES string of the molecule is COC(=O)c1nn(COCC[Si](C)(C)C)c2cnc(-c3c(F)cccc3OC)cc12. The Morgan fingerprint density at radius 3 is 2.67 bits per heavy atom. The smallest absolute Gasteiger partial charge is 0.359 e. The molecule has 0 bridgehead atoms. The Morgan fingerprint density at radius 1 is 1.23 bits per heavy atom. The normalized spacial score (nSPS) is 11.7. The van der Waals surface area contributed by atoms with Crippen LogP contribution in [0, 0.1) is 5.82 Å². The first-order valence-electron chi connectivity index (χ1n) is 9.60. The number of aromatic nitrogens is 3. The van der Waals surface area contributed by atoms with Gasteiger partial charge < -0.3 is 14.2 Å². The number of esters is 1. The van der Waals surface area contributed by atoms with Crippen LogP contribution in [0.15, 0.2) is 30.5 Å². The average Bonchev–Trinajstić information content (AvgIpc) is 3.07. The molecular weight excluding hydrogens is 405 g/mol. The van der Waals surface area contributed by atoms with Crippen molar-refractivity contribution in [3.8, 4) is 17.0 Å². The minimum atomic E-state index is -1.22. The van der Waals surface area contributed by atoms with Gasteiger partial charge >= 0.3 is 5.97 Å². The summed E-state index contributed by atoms with van der Waals surface area (Å²) in [6.45, 7) is 7.62. The summed E-state index contributed by atoms with van der Waals surface area (Å²) in [5.74, 6) is -0.704. The summed E-state index contributed by atoms with van der Waals surface area (Å²) in [6, 6.07) is 7.19. The van der Waals surface area contributed by atoms with Crippen LogP contribution in [-0.2, 0) is 16.2 Å². The molecule has 0 aliphatic heterocycles. The van der Waals surface area contributed by atoms with Crippen LogP contribution < -0.4 is 4.74 Å². The van der Waals surface area contributed by atoms with Gasteiger partial charge in [0.1, 0.15) is 18.3 Å². The molecule has 2 heterocycles. The molecule has 0 fully saturated rings. The quantitative estimate of drug-likeness (QED) is 0.300. The van der Waals surface area contributed by atoms with Gasteiger partial charge in [-0.3, -0.25) is 4.98 Å². The van der Waals surface area contributed by atoms with Gasteiger partial charge in [-0.25, -0.2) is 13.9 Å². The van der Waals surface area contributed by atoms with Crippen LogP contribution in [0.25, 0.3) is 22.2 Å². The molecule has 30 heavy (non-hydrogen) atoms. The molecule has 0 aliphatic carbocycles. The van der Waals surface area contributed by atoms with Crippen LogP contribution in [0.5, 0.6) is 5.75 Å². The van der Waals surface area contributed by atoms with Crippen molar-refractivity contribution in [3.05, 3.63) is 42.0 Å². The number of carbonyl (C=O) groups is 1. The molecule has 0 amide bonds. The van der Waals surface area contributed by atoms with Crippen molar-refractivity contribution in [2.24, 2.45) is 0 Å². The molecule has 0 radical (unpaired) electrons. The maximum atomic E-state index is 14.5. The fourth-order valence-electron chi connectivity index (χ4n) is 3.01. The number of pyridine rings is 1. The lowest BCUT2D eigenvalue weighted by Crippen LogP contribution is -2.22. The van der Waals surface area contributed by atoms with E-state index in [1.165, 1.54) is 20.3 Å². The molecule has 0 unspecified atom stereocenters. The van der Waals surface area contributed by atoms with Crippen molar-refractivity contribution in [1.29, 1.82) is 0 Å². The van der Waals surface area contributed by atoms with Gasteiger partial charge in [-0.15, -0.1) is 0 Å². The molecule has 0 N–H and O–H groups in total. The molecule has 1 aromatic carbocycles. The average molecular weight is 432 g/mol. The first-order chi connectivity index (χ1) is 14.2. The lowest BCUT2D eigenvalue weighted by Gasteiger charge is -2.15. The Labute approximate surface area is 175 Å². The first-order valence-corrected chi connectivity index (χ1v) is 13.3. The summed E-state index contributed by atoms with van der Waals surface area (Å²) in [6.07, 6.45) is 1.55. The summed E-state index contributed by atoms with van der Waals surface area (Å²) < 4.78 is 32.0. The van der Waals surface area contributed by atoms with E-state index >= 15 is 0 Å². The number of benzene rings is 1. The van der Waals surface area contributed by atoms with E-state index in [1.807, 2.05) is 0 Å². The standard InChI is InChI=1S/C21H26FN3O4Si/c1-27-18-8-6-7-15(22)19(18)16-11-14-17(12-23-16)25(24-20(14)21(26)28-2)13-29-9-10-30(3,4)5/h6-8,11-12H,9-10,13H2,1-5H3. The van der Waals surface area contributed by atoms with E-state index in [-0.39, 0.29) is 18.0 Å². The molecular formula is C21H26FN3O4Si.